The minimum absolute atomic E-state index is 0.278. The fourth-order valence-electron chi connectivity index (χ4n) is 1.73. The molecule has 7 heteroatoms. The van der Waals surface area contributed by atoms with Gasteiger partial charge in [0, 0.05) is 4.88 Å². The number of rotatable bonds is 5. The van der Waals surface area contributed by atoms with Gasteiger partial charge < -0.3 is 4.74 Å². The molecule has 0 atom stereocenters. The molecule has 0 aliphatic heterocycles. The third-order valence-corrected chi connectivity index (χ3v) is 5.74. The van der Waals surface area contributed by atoms with Gasteiger partial charge in [-0.05, 0) is 48.0 Å². The number of thiophene rings is 1. The predicted molar refractivity (Wildman–Crippen MR) is 85.2 cm³/mol. The number of benzene rings is 1. The average Bonchev–Trinajstić information content (AvgIpc) is 2.72. The van der Waals surface area contributed by atoms with Crippen LogP contribution in [0.1, 0.15) is 11.8 Å². The van der Waals surface area contributed by atoms with Gasteiger partial charge in [0.2, 0.25) is 0 Å². The van der Waals surface area contributed by atoms with Gasteiger partial charge in [0.15, 0.2) is 0 Å². The highest BCUT2D eigenvalue weighted by atomic mass is 79.9. The second-order valence-corrected chi connectivity index (χ2v) is 8.29. The Bertz CT molecular complexity index is 710. The summed E-state index contributed by atoms with van der Waals surface area (Å²) in [4.78, 5) is 1.01. The van der Waals surface area contributed by atoms with Crippen LogP contribution in [0.25, 0.3) is 0 Å². The summed E-state index contributed by atoms with van der Waals surface area (Å²) in [7, 11) is -3.61. The minimum Gasteiger partial charge on any atom is -0.492 e. The number of anilines is 1. The smallest absolute Gasteiger partial charge is 0.263 e. The van der Waals surface area contributed by atoms with Gasteiger partial charge in [-0.25, -0.2) is 8.42 Å². The number of para-hydroxylation sites is 2. The van der Waals surface area contributed by atoms with Crippen LogP contribution < -0.4 is 9.46 Å². The first kappa shape index (κ1) is 15.3. The molecule has 1 N–H and O–H groups in total. The van der Waals surface area contributed by atoms with Crippen LogP contribution in [0.3, 0.4) is 0 Å². The number of aryl methyl sites for hydroxylation is 1. The molecule has 0 saturated heterocycles. The molecule has 4 nitrogen and oxygen atoms in total. The molecule has 0 unspecified atom stereocenters. The topological polar surface area (TPSA) is 55.4 Å². The zero-order valence-electron chi connectivity index (χ0n) is 11.0. The van der Waals surface area contributed by atoms with Gasteiger partial charge >= 0.3 is 0 Å². The minimum atomic E-state index is -3.61. The van der Waals surface area contributed by atoms with Crippen molar-refractivity contribution in [3.8, 4) is 5.75 Å². The fourth-order valence-corrected chi connectivity index (χ4v) is 5.22. The maximum Gasteiger partial charge on any atom is 0.263 e. The van der Waals surface area contributed by atoms with E-state index in [4.69, 9.17) is 4.74 Å². The lowest BCUT2D eigenvalue weighted by Gasteiger charge is -2.12. The summed E-state index contributed by atoms with van der Waals surface area (Å²) in [5.41, 5.74) is 0.441. The van der Waals surface area contributed by atoms with E-state index >= 15 is 0 Å². The van der Waals surface area contributed by atoms with Crippen molar-refractivity contribution in [1.82, 2.24) is 0 Å². The molecule has 0 fully saturated rings. The van der Waals surface area contributed by atoms with Gasteiger partial charge in [0.25, 0.3) is 10.0 Å². The van der Waals surface area contributed by atoms with Crippen LogP contribution in [0.2, 0.25) is 0 Å². The maximum atomic E-state index is 12.4. The van der Waals surface area contributed by atoms with Gasteiger partial charge in [-0.15, -0.1) is 11.3 Å². The van der Waals surface area contributed by atoms with Crippen molar-refractivity contribution in [1.29, 1.82) is 0 Å². The second kappa shape index (κ2) is 6.15. The lowest BCUT2D eigenvalue weighted by molar-refractivity contribution is 0.342. The van der Waals surface area contributed by atoms with Crippen molar-refractivity contribution in [2.75, 3.05) is 11.3 Å². The molecule has 0 spiro atoms. The number of nitrogens with one attached hydrogen (secondary N) is 1. The van der Waals surface area contributed by atoms with Gasteiger partial charge in [0.05, 0.1) is 16.1 Å². The number of hydrogen-bond donors (Lipinski definition) is 1. The third kappa shape index (κ3) is 3.34. The molecule has 0 bridgehead atoms. The molecular formula is C13H14BrNO3S2. The van der Waals surface area contributed by atoms with E-state index in [1.54, 1.807) is 37.3 Å². The molecule has 2 rings (SSSR count). The Kier molecular flexibility index (Phi) is 4.72. The molecule has 0 aliphatic carbocycles. The molecule has 0 aliphatic rings. The van der Waals surface area contributed by atoms with E-state index in [1.807, 2.05) is 6.92 Å². The Morgan fingerprint density at radius 2 is 2.05 bits per heavy atom. The van der Waals surface area contributed by atoms with Crippen LogP contribution in [0, 0.1) is 6.92 Å². The van der Waals surface area contributed by atoms with Gasteiger partial charge in [0.1, 0.15) is 10.6 Å². The van der Waals surface area contributed by atoms with Gasteiger partial charge in [-0.2, -0.15) is 0 Å². The first-order valence-electron chi connectivity index (χ1n) is 5.94. The average molecular weight is 376 g/mol. The summed E-state index contributed by atoms with van der Waals surface area (Å²) in [6.45, 7) is 4.10. The number of sulfonamides is 1. The zero-order chi connectivity index (χ0) is 14.8. The molecule has 1 aromatic carbocycles. The standard InChI is InChI=1S/C13H14BrNO3S2/c1-3-18-11-7-5-4-6-10(11)15-20(16,17)12-8-13(14)19-9(12)2/h4-8,15H,3H2,1-2H3. The third-order valence-electron chi connectivity index (χ3n) is 2.56. The highest BCUT2D eigenvalue weighted by molar-refractivity contribution is 9.11. The Balaban J connectivity index is 2.36. The molecule has 0 amide bonds. The van der Waals surface area contributed by atoms with Crippen molar-refractivity contribution in [2.24, 2.45) is 0 Å². The summed E-state index contributed by atoms with van der Waals surface area (Å²) in [5, 5.41) is 0. The van der Waals surface area contributed by atoms with Crippen LogP contribution in [-0.2, 0) is 10.0 Å². The summed E-state index contributed by atoms with van der Waals surface area (Å²) in [5.74, 6) is 0.519. The lowest BCUT2D eigenvalue weighted by atomic mass is 10.3. The van der Waals surface area contributed by atoms with Crippen molar-refractivity contribution in [3.05, 3.63) is 39.0 Å². The summed E-state index contributed by atoms with van der Waals surface area (Å²) >= 11 is 4.69. The Hall–Kier alpha value is -1.05. The second-order valence-electron chi connectivity index (χ2n) is 4.01. The van der Waals surface area contributed by atoms with E-state index in [2.05, 4.69) is 20.7 Å². The molecule has 0 saturated carbocycles. The number of ether oxygens (including phenoxy) is 1. The van der Waals surface area contributed by atoms with Crippen molar-refractivity contribution in [2.45, 2.75) is 18.7 Å². The largest absolute Gasteiger partial charge is 0.492 e. The maximum absolute atomic E-state index is 12.4. The van der Waals surface area contributed by atoms with Crippen molar-refractivity contribution in [3.63, 3.8) is 0 Å². The van der Waals surface area contributed by atoms with Crippen LogP contribution in [0.15, 0.2) is 39.0 Å². The number of halogens is 1. The van der Waals surface area contributed by atoms with E-state index in [9.17, 15) is 8.42 Å². The molecule has 1 heterocycles. The molecule has 20 heavy (non-hydrogen) atoms. The Labute approximate surface area is 131 Å². The molecule has 108 valence electrons. The molecular weight excluding hydrogens is 362 g/mol. The van der Waals surface area contributed by atoms with Crippen LogP contribution >= 0.6 is 27.3 Å². The highest BCUT2D eigenvalue weighted by Gasteiger charge is 2.20. The van der Waals surface area contributed by atoms with Gasteiger partial charge in [-0.1, -0.05) is 12.1 Å². The summed E-state index contributed by atoms with van der Waals surface area (Å²) in [6.07, 6.45) is 0. The Morgan fingerprint density at radius 1 is 1.35 bits per heavy atom. The summed E-state index contributed by atoms with van der Waals surface area (Å²) in [6, 6.07) is 8.58. The van der Waals surface area contributed by atoms with E-state index in [-0.39, 0.29) is 4.90 Å². The van der Waals surface area contributed by atoms with Crippen molar-refractivity contribution >= 4 is 43.0 Å². The fraction of sp³-hybridized carbons (Fsp3) is 0.231. The SMILES string of the molecule is CCOc1ccccc1NS(=O)(=O)c1cc(Br)sc1C. The quantitative estimate of drug-likeness (QED) is 0.858. The van der Waals surface area contributed by atoms with E-state index < -0.39 is 10.0 Å². The molecule has 1 aromatic heterocycles. The van der Waals surface area contributed by atoms with Gasteiger partial charge in [-0.3, -0.25) is 4.72 Å². The normalized spacial score (nSPS) is 11.3. The Morgan fingerprint density at radius 3 is 2.65 bits per heavy atom. The van der Waals surface area contributed by atoms with Crippen LogP contribution in [0.5, 0.6) is 5.75 Å². The van der Waals surface area contributed by atoms with Crippen molar-refractivity contribution < 1.29 is 13.2 Å². The van der Waals surface area contributed by atoms with E-state index in [1.165, 1.54) is 11.3 Å². The van der Waals surface area contributed by atoms with Crippen LogP contribution in [-0.4, -0.2) is 15.0 Å². The van der Waals surface area contributed by atoms with E-state index in [0.717, 1.165) is 8.66 Å². The zero-order valence-corrected chi connectivity index (χ0v) is 14.2. The predicted octanol–water partition coefficient (Wildman–Crippen LogP) is 4.02. The lowest BCUT2D eigenvalue weighted by Crippen LogP contribution is -2.14. The first-order chi connectivity index (χ1) is 9.44. The monoisotopic (exact) mass is 375 g/mol. The number of hydrogen-bond acceptors (Lipinski definition) is 4. The summed E-state index contributed by atoms with van der Waals surface area (Å²) < 4.78 is 33.6. The molecule has 0 radical (unpaired) electrons. The highest BCUT2D eigenvalue weighted by Crippen LogP contribution is 2.32. The molecule has 2 aromatic rings. The van der Waals surface area contributed by atoms with Crippen LogP contribution in [0.4, 0.5) is 5.69 Å². The first-order valence-corrected chi connectivity index (χ1v) is 9.04. The van der Waals surface area contributed by atoms with E-state index in [0.29, 0.717) is 18.0 Å².